The first kappa shape index (κ1) is 21.1. The Balaban J connectivity index is 1.79. The van der Waals surface area contributed by atoms with Gasteiger partial charge in [0.15, 0.2) is 16.7 Å². The Morgan fingerprint density at radius 2 is 2.20 bits per heavy atom. The summed E-state index contributed by atoms with van der Waals surface area (Å²) in [7, 11) is 0. The zero-order chi connectivity index (χ0) is 21.5. The first-order valence-corrected chi connectivity index (χ1v) is 9.56. The first-order chi connectivity index (χ1) is 14.5. The molecule has 30 heavy (non-hydrogen) atoms. The molecule has 0 aliphatic heterocycles. The normalized spacial score (nSPS) is 11.6. The Bertz CT molecular complexity index is 1110. The molecule has 0 unspecified atom stereocenters. The van der Waals surface area contributed by atoms with E-state index in [9.17, 15) is 4.39 Å². The maximum Gasteiger partial charge on any atom is 0.322 e. The van der Waals surface area contributed by atoms with Gasteiger partial charge in [-0.1, -0.05) is 30.0 Å². The predicted molar refractivity (Wildman–Crippen MR) is 115 cm³/mol. The van der Waals surface area contributed by atoms with Crippen molar-refractivity contribution in [1.29, 1.82) is 0 Å². The lowest BCUT2D eigenvalue weighted by molar-refractivity contribution is 0.338. The van der Waals surface area contributed by atoms with E-state index >= 15 is 0 Å². The molecule has 2 aromatic heterocycles. The van der Waals surface area contributed by atoms with Crippen LogP contribution in [-0.2, 0) is 0 Å². The monoisotopic (exact) mass is 426 g/mol. The van der Waals surface area contributed by atoms with Gasteiger partial charge in [-0.15, -0.1) is 0 Å². The van der Waals surface area contributed by atoms with E-state index in [0.717, 1.165) is 4.88 Å². The minimum atomic E-state index is -0.501. The summed E-state index contributed by atoms with van der Waals surface area (Å²) in [5.74, 6) is -0.118. The maximum absolute atomic E-state index is 13.9. The van der Waals surface area contributed by atoms with E-state index in [2.05, 4.69) is 31.8 Å². The van der Waals surface area contributed by atoms with E-state index in [-0.39, 0.29) is 18.4 Å². The molecule has 0 saturated heterocycles. The second kappa shape index (κ2) is 9.72. The number of nitrogens with zero attached hydrogens (tertiary/aromatic N) is 4. The molecule has 4 N–H and O–H groups in total. The van der Waals surface area contributed by atoms with E-state index in [1.807, 2.05) is 0 Å². The van der Waals surface area contributed by atoms with Gasteiger partial charge in [-0.2, -0.15) is 4.98 Å². The number of ether oxygens (including phenoxy) is 1. The number of halogens is 1. The van der Waals surface area contributed by atoms with Gasteiger partial charge in [0.25, 0.3) is 0 Å². The third-order valence-corrected chi connectivity index (χ3v) is 4.55. The summed E-state index contributed by atoms with van der Waals surface area (Å²) in [5, 5.41) is 12.5. The van der Waals surface area contributed by atoms with Gasteiger partial charge in [0.2, 0.25) is 0 Å². The van der Waals surface area contributed by atoms with Crippen LogP contribution < -0.4 is 15.8 Å². The summed E-state index contributed by atoms with van der Waals surface area (Å²) in [6.07, 6.45) is 4.31. The van der Waals surface area contributed by atoms with Crippen LogP contribution >= 0.6 is 11.3 Å². The zero-order valence-electron chi connectivity index (χ0n) is 16.0. The highest BCUT2D eigenvalue weighted by Gasteiger charge is 2.12. The predicted octanol–water partition coefficient (Wildman–Crippen LogP) is 3.63. The highest BCUT2D eigenvalue weighted by atomic mass is 32.1. The third kappa shape index (κ3) is 5.46. The fraction of sp³-hybridized carbons (Fsp3) is 0.100. The lowest BCUT2D eigenvalue weighted by Gasteiger charge is -2.07. The number of thiazole rings is 1. The fourth-order valence-corrected chi connectivity index (χ4v) is 3.00. The van der Waals surface area contributed by atoms with Crippen molar-refractivity contribution in [2.24, 2.45) is 10.7 Å². The number of hydrogen-bond acceptors (Lipinski definition) is 9. The molecular formula is C20H19FN6O2S. The standard InChI is InChI=1S/C20H19FN6O2S/c1-12(11-28)9-23-18(8-22)27-20-24-10-17(30-20)15-7-13(2)25-19(26-15)29-16-6-4-3-5-14(16)21/h3-10,28H,1,11,22H2,2H3,(H,24,27)/b18-8+,23-9?. The minimum Gasteiger partial charge on any atom is -0.421 e. The van der Waals surface area contributed by atoms with Crippen molar-refractivity contribution in [2.75, 3.05) is 11.9 Å². The number of aryl methyl sites for hydroxylation is 1. The lowest BCUT2D eigenvalue weighted by atomic mass is 10.3. The summed E-state index contributed by atoms with van der Waals surface area (Å²) in [6.45, 7) is 5.21. The number of aliphatic hydroxyl groups is 1. The molecule has 0 spiro atoms. The van der Waals surface area contributed by atoms with Crippen LogP contribution in [0.1, 0.15) is 5.69 Å². The smallest absolute Gasteiger partial charge is 0.322 e. The molecular weight excluding hydrogens is 407 g/mol. The molecule has 0 aliphatic carbocycles. The Morgan fingerprint density at radius 3 is 2.93 bits per heavy atom. The van der Waals surface area contributed by atoms with Crippen molar-refractivity contribution in [3.8, 4) is 22.3 Å². The molecule has 154 valence electrons. The largest absolute Gasteiger partial charge is 0.421 e. The molecule has 2 heterocycles. The topological polar surface area (TPSA) is 119 Å². The molecule has 3 rings (SSSR count). The van der Waals surface area contributed by atoms with Crippen LogP contribution in [-0.4, -0.2) is 32.9 Å². The van der Waals surface area contributed by atoms with Crippen LogP contribution in [0, 0.1) is 12.7 Å². The molecule has 10 heteroatoms. The molecule has 1 aromatic carbocycles. The summed E-state index contributed by atoms with van der Waals surface area (Å²) in [4.78, 5) is 17.7. The molecule has 0 saturated carbocycles. The van der Waals surface area contributed by atoms with Crippen LogP contribution in [0.25, 0.3) is 10.6 Å². The van der Waals surface area contributed by atoms with Crippen molar-refractivity contribution < 1.29 is 14.2 Å². The zero-order valence-corrected chi connectivity index (χ0v) is 16.9. The van der Waals surface area contributed by atoms with E-state index in [1.165, 1.54) is 35.9 Å². The van der Waals surface area contributed by atoms with Gasteiger partial charge in [0.1, 0.15) is 5.82 Å². The number of aliphatic hydroxyl groups excluding tert-OH is 1. The minimum absolute atomic E-state index is 0.0349. The van der Waals surface area contributed by atoms with Crippen molar-refractivity contribution in [2.45, 2.75) is 6.92 Å². The number of hydrogen-bond donors (Lipinski definition) is 3. The summed E-state index contributed by atoms with van der Waals surface area (Å²) < 4.78 is 19.4. The van der Waals surface area contributed by atoms with Gasteiger partial charge >= 0.3 is 6.01 Å². The number of nitrogens with one attached hydrogen (secondary N) is 1. The SMILES string of the molecule is C=C(C=N/C(=C\N)Nc1ncc(-c2cc(C)nc(Oc3ccccc3F)n2)s1)CO. The Kier molecular flexibility index (Phi) is 6.83. The van der Waals surface area contributed by atoms with E-state index < -0.39 is 5.82 Å². The van der Waals surface area contributed by atoms with Crippen LogP contribution in [0.15, 0.2) is 65.7 Å². The second-order valence-electron chi connectivity index (χ2n) is 5.99. The van der Waals surface area contributed by atoms with Crippen LogP contribution in [0.3, 0.4) is 0 Å². The van der Waals surface area contributed by atoms with Gasteiger partial charge in [-0.05, 0) is 30.7 Å². The van der Waals surface area contributed by atoms with Crippen molar-refractivity contribution in [3.05, 3.63) is 72.2 Å². The molecule has 0 aliphatic rings. The van der Waals surface area contributed by atoms with E-state index in [4.69, 9.17) is 15.6 Å². The molecule has 8 nitrogen and oxygen atoms in total. The number of rotatable bonds is 8. The van der Waals surface area contributed by atoms with E-state index in [1.54, 1.807) is 31.3 Å². The number of aliphatic imine (C=N–C) groups is 1. The highest BCUT2D eigenvalue weighted by molar-refractivity contribution is 7.18. The average molecular weight is 426 g/mol. The molecule has 3 aromatic rings. The van der Waals surface area contributed by atoms with Gasteiger partial charge < -0.3 is 20.9 Å². The number of benzene rings is 1. The average Bonchev–Trinajstić information content (AvgIpc) is 3.20. The van der Waals surface area contributed by atoms with Gasteiger partial charge in [-0.3, -0.25) is 0 Å². The van der Waals surface area contributed by atoms with Gasteiger partial charge in [0, 0.05) is 24.3 Å². The van der Waals surface area contributed by atoms with Crippen LogP contribution in [0.2, 0.25) is 0 Å². The molecule has 0 amide bonds. The number of para-hydroxylation sites is 1. The number of nitrogens with two attached hydrogens (primary N) is 1. The summed E-state index contributed by atoms with van der Waals surface area (Å²) in [5.41, 5.74) is 7.24. The van der Waals surface area contributed by atoms with Gasteiger partial charge in [-0.25, -0.2) is 19.4 Å². The molecule has 0 fully saturated rings. The lowest BCUT2D eigenvalue weighted by Crippen LogP contribution is -2.01. The van der Waals surface area contributed by atoms with Crippen LogP contribution in [0.4, 0.5) is 9.52 Å². The summed E-state index contributed by atoms with van der Waals surface area (Å²) in [6, 6.07) is 7.85. The Hall–Kier alpha value is -3.63. The van der Waals surface area contributed by atoms with Gasteiger partial charge in [0.05, 0.1) is 17.2 Å². The fourth-order valence-electron chi connectivity index (χ4n) is 2.22. The molecule has 0 radical (unpaired) electrons. The Labute approximate surface area is 176 Å². The van der Waals surface area contributed by atoms with Crippen LogP contribution in [0.5, 0.6) is 11.8 Å². The third-order valence-electron chi connectivity index (χ3n) is 3.61. The molecule has 0 bridgehead atoms. The first-order valence-electron chi connectivity index (χ1n) is 8.74. The van der Waals surface area contributed by atoms with Crippen molar-refractivity contribution >= 4 is 22.7 Å². The summed E-state index contributed by atoms with van der Waals surface area (Å²) >= 11 is 1.31. The number of aromatic nitrogens is 3. The van der Waals surface area contributed by atoms with E-state index in [0.29, 0.717) is 27.9 Å². The number of anilines is 1. The molecule has 0 atom stereocenters. The highest BCUT2D eigenvalue weighted by Crippen LogP contribution is 2.30. The maximum atomic E-state index is 13.9. The Morgan fingerprint density at radius 1 is 1.40 bits per heavy atom. The van der Waals surface area contributed by atoms with Crippen molar-refractivity contribution in [3.63, 3.8) is 0 Å². The van der Waals surface area contributed by atoms with Crippen molar-refractivity contribution in [1.82, 2.24) is 15.0 Å². The quantitative estimate of drug-likeness (QED) is 0.471. The second-order valence-corrected chi connectivity index (χ2v) is 7.02.